The highest BCUT2D eigenvalue weighted by Crippen LogP contribution is 2.06. The lowest BCUT2D eigenvalue weighted by atomic mass is 10.0. The van der Waals surface area contributed by atoms with Crippen molar-refractivity contribution in [2.75, 3.05) is 13.1 Å². The normalized spacial score (nSPS) is 14.0. The Morgan fingerprint density at radius 2 is 1.40 bits per heavy atom. The predicted octanol–water partition coefficient (Wildman–Crippen LogP) is -3.08. The molecule has 15 nitrogen and oxygen atoms in total. The van der Waals surface area contributed by atoms with Gasteiger partial charge in [-0.05, 0) is 52.0 Å². The Morgan fingerprint density at radius 3 is 1.94 bits per heavy atom. The molecule has 0 heterocycles. The average molecular weight is 503 g/mol. The number of unbranched alkanes of at least 4 members (excludes halogenated alkanes) is 1. The first-order valence-corrected chi connectivity index (χ1v) is 11.3. The number of aliphatic imine (C=N–C) groups is 1. The molecule has 0 unspecified atom stereocenters. The third-order valence-corrected chi connectivity index (χ3v) is 4.89. The molecule has 4 atom stereocenters. The summed E-state index contributed by atoms with van der Waals surface area (Å²) in [5.74, 6) is -4.77. The molecule has 0 saturated heterocycles. The van der Waals surface area contributed by atoms with Crippen LogP contribution >= 0.6 is 0 Å². The van der Waals surface area contributed by atoms with E-state index in [-0.39, 0.29) is 31.8 Å². The largest absolute Gasteiger partial charge is 0.481 e. The molecule has 0 bridgehead atoms. The third-order valence-electron chi connectivity index (χ3n) is 4.89. The van der Waals surface area contributed by atoms with Crippen molar-refractivity contribution in [2.24, 2.45) is 27.9 Å². The summed E-state index contributed by atoms with van der Waals surface area (Å²) < 4.78 is 0. The molecule has 0 aromatic heterocycles. The summed E-state index contributed by atoms with van der Waals surface area (Å²) in [4.78, 5) is 63.8. The Balaban J connectivity index is 5.33. The molecule has 0 spiro atoms. The number of hydrogen-bond acceptors (Lipinski definition) is 8. The highest BCUT2D eigenvalue weighted by molar-refractivity contribution is 5.94. The van der Waals surface area contributed by atoms with E-state index in [4.69, 9.17) is 33.1 Å². The molecule has 0 aliphatic heterocycles. The van der Waals surface area contributed by atoms with E-state index in [0.29, 0.717) is 25.8 Å². The molecule has 15 heteroatoms. The molecular formula is C20H38N8O7. The minimum Gasteiger partial charge on any atom is -0.481 e. The standard InChI is InChI=1S/C20H38N8O7/c1-11(19(34)35)26-17(32)13(6-2-3-9-21)28-18(33)14(7-8-15(29)30)27-16(31)12(22)5-4-10-25-20(23)24/h11-14H,2-10,21-22H2,1H3,(H,26,32)(H,27,31)(H,28,33)(H,29,30)(H,34,35)(H4,23,24,25)/t11-,12-,13-,14-/m0/s1. The van der Waals surface area contributed by atoms with Crippen LogP contribution in [0.15, 0.2) is 4.99 Å². The molecule has 0 aliphatic carbocycles. The SMILES string of the molecule is C[C@H](NC(=O)[C@H](CCCCN)NC(=O)[C@H](CCC(=O)O)NC(=O)[C@@H](N)CCCN=C(N)N)C(=O)O. The Kier molecular flexibility index (Phi) is 15.4. The summed E-state index contributed by atoms with van der Waals surface area (Å²) in [5, 5.41) is 25.2. The maximum atomic E-state index is 12.9. The van der Waals surface area contributed by atoms with Crippen LogP contribution in [0.1, 0.15) is 51.9 Å². The minimum atomic E-state index is -1.29. The maximum absolute atomic E-state index is 12.9. The molecule has 0 aromatic carbocycles. The fourth-order valence-electron chi connectivity index (χ4n) is 2.88. The Bertz CT molecular complexity index is 758. The number of rotatable bonds is 18. The smallest absolute Gasteiger partial charge is 0.325 e. The summed E-state index contributed by atoms with van der Waals surface area (Å²) >= 11 is 0. The highest BCUT2D eigenvalue weighted by atomic mass is 16.4. The van der Waals surface area contributed by atoms with Gasteiger partial charge in [-0.1, -0.05) is 0 Å². The first-order chi connectivity index (χ1) is 16.4. The van der Waals surface area contributed by atoms with Crippen LogP contribution in [0, 0.1) is 0 Å². The van der Waals surface area contributed by atoms with E-state index in [1.165, 1.54) is 6.92 Å². The van der Waals surface area contributed by atoms with Gasteiger partial charge >= 0.3 is 11.9 Å². The van der Waals surface area contributed by atoms with Crippen LogP contribution in [0.25, 0.3) is 0 Å². The molecule has 13 N–H and O–H groups in total. The van der Waals surface area contributed by atoms with Gasteiger partial charge in [0.05, 0.1) is 6.04 Å². The Morgan fingerprint density at radius 1 is 0.829 bits per heavy atom. The second-order valence-corrected chi connectivity index (χ2v) is 7.96. The molecule has 3 amide bonds. The Hall–Kier alpha value is -3.46. The first kappa shape index (κ1) is 31.5. The molecule has 0 fully saturated rings. The number of aliphatic carboxylic acids is 2. The van der Waals surface area contributed by atoms with Gasteiger partial charge in [0.1, 0.15) is 18.1 Å². The van der Waals surface area contributed by atoms with E-state index in [0.717, 1.165) is 0 Å². The van der Waals surface area contributed by atoms with Gasteiger partial charge in [-0.15, -0.1) is 0 Å². The number of hydrogen-bond donors (Lipinski definition) is 9. The van der Waals surface area contributed by atoms with E-state index >= 15 is 0 Å². The molecule has 0 rings (SSSR count). The number of nitrogens with zero attached hydrogens (tertiary/aromatic N) is 1. The average Bonchev–Trinajstić information content (AvgIpc) is 2.77. The van der Waals surface area contributed by atoms with Gasteiger partial charge in [-0.25, -0.2) is 0 Å². The summed E-state index contributed by atoms with van der Waals surface area (Å²) in [5.41, 5.74) is 21.8. The number of amides is 3. The lowest BCUT2D eigenvalue weighted by Gasteiger charge is -2.24. The fraction of sp³-hybridized carbons (Fsp3) is 0.700. The molecule has 200 valence electrons. The number of carbonyl (C=O) groups excluding carboxylic acids is 3. The van der Waals surface area contributed by atoms with Gasteiger partial charge in [0, 0.05) is 13.0 Å². The molecule has 0 aromatic rings. The van der Waals surface area contributed by atoms with Crippen molar-refractivity contribution in [3.05, 3.63) is 0 Å². The zero-order valence-electron chi connectivity index (χ0n) is 19.9. The van der Waals surface area contributed by atoms with Crippen LogP contribution in [-0.2, 0) is 24.0 Å². The number of carboxylic acid groups (broad SMARTS) is 2. The third kappa shape index (κ3) is 14.4. The summed E-state index contributed by atoms with van der Waals surface area (Å²) in [6, 6.07) is -4.61. The topological polar surface area (TPSA) is 278 Å². The molecule has 0 aliphatic rings. The van der Waals surface area contributed by atoms with Gasteiger partial charge in [-0.2, -0.15) is 0 Å². The van der Waals surface area contributed by atoms with Crippen LogP contribution in [0.4, 0.5) is 0 Å². The van der Waals surface area contributed by atoms with E-state index in [1.807, 2.05) is 0 Å². The van der Waals surface area contributed by atoms with E-state index in [9.17, 15) is 24.0 Å². The maximum Gasteiger partial charge on any atom is 0.325 e. The number of nitrogens with one attached hydrogen (secondary N) is 3. The zero-order chi connectivity index (χ0) is 27.0. The Labute approximate surface area is 203 Å². The summed E-state index contributed by atoms with van der Waals surface area (Å²) in [6.45, 7) is 1.87. The summed E-state index contributed by atoms with van der Waals surface area (Å²) in [7, 11) is 0. The van der Waals surface area contributed by atoms with Gasteiger partial charge in [0.2, 0.25) is 17.7 Å². The first-order valence-electron chi connectivity index (χ1n) is 11.3. The van der Waals surface area contributed by atoms with Crippen molar-refractivity contribution in [3.63, 3.8) is 0 Å². The van der Waals surface area contributed by atoms with Gasteiger partial charge < -0.3 is 49.1 Å². The van der Waals surface area contributed by atoms with Crippen molar-refractivity contribution in [2.45, 2.75) is 76.0 Å². The molecular weight excluding hydrogens is 464 g/mol. The van der Waals surface area contributed by atoms with Gasteiger partial charge in [0.15, 0.2) is 5.96 Å². The zero-order valence-corrected chi connectivity index (χ0v) is 19.9. The lowest BCUT2D eigenvalue weighted by Crippen LogP contribution is -2.56. The van der Waals surface area contributed by atoms with Crippen molar-refractivity contribution >= 4 is 35.6 Å². The second kappa shape index (κ2) is 17.0. The minimum absolute atomic E-state index is 0.101. The van der Waals surface area contributed by atoms with Crippen LogP contribution in [0.2, 0.25) is 0 Å². The molecule has 0 saturated carbocycles. The highest BCUT2D eigenvalue weighted by Gasteiger charge is 2.29. The number of guanidine groups is 1. The van der Waals surface area contributed by atoms with Crippen molar-refractivity contribution in [1.29, 1.82) is 0 Å². The van der Waals surface area contributed by atoms with E-state index in [1.54, 1.807) is 0 Å². The molecule has 35 heavy (non-hydrogen) atoms. The number of nitrogens with two attached hydrogens (primary N) is 4. The van der Waals surface area contributed by atoms with Crippen LogP contribution < -0.4 is 38.9 Å². The fourth-order valence-corrected chi connectivity index (χ4v) is 2.88. The van der Waals surface area contributed by atoms with E-state index < -0.39 is 60.2 Å². The predicted molar refractivity (Wildman–Crippen MR) is 127 cm³/mol. The van der Waals surface area contributed by atoms with Crippen molar-refractivity contribution in [1.82, 2.24) is 16.0 Å². The van der Waals surface area contributed by atoms with Crippen LogP contribution in [0.5, 0.6) is 0 Å². The van der Waals surface area contributed by atoms with Crippen LogP contribution in [-0.4, -0.2) is 83.1 Å². The van der Waals surface area contributed by atoms with E-state index in [2.05, 4.69) is 20.9 Å². The number of carbonyl (C=O) groups is 5. The quantitative estimate of drug-likeness (QED) is 0.0514. The summed E-state index contributed by atoms with van der Waals surface area (Å²) in [6.07, 6.45) is 1.08. The van der Waals surface area contributed by atoms with Gasteiger partial charge in [-0.3, -0.25) is 29.0 Å². The van der Waals surface area contributed by atoms with Crippen molar-refractivity contribution in [3.8, 4) is 0 Å². The second-order valence-electron chi connectivity index (χ2n) is 7.96. The molecule has 0 radical (unpaired) electrons. The number of carboxylic acids is 2. The lowest BCUT2D eigenvalue weighted by molar-refractivity contribution is -0.141. The van der Waals surface area contributed by atoms with Crippen LogP contribution in [0.3, 0.4) is 0 Å². The monoisotopic (exact) mass is 502 g/mol. The van der Waals surface area contributed by atoms with Crippen molar-refractivity contribution < 1.29 is 34.2 Å². The van der Waals surface area contributed by atoms with Gasteiger partial charge in [0.25, 0.3) is 0 Å².